The third-order valence-electron chi connectivity index (χ3n) is 2.91. The number of rotatable bonds is 6. The van der Waals surface area contributed by atoms with Crippen LogP contribution >= 0.6 is 0 Å². The lowest BCUT2D eigenvalue weighted by Crippen LogP contribution is -2.06. The summed E-state index contributed by atoms with van der Waals surface area (Å²) in [5, 5.41) is 3.30. The summed E-state index contributed by atoms with van der Waals surface area (Å²) in [6.45, 7) is 5.50. The van der Waals surface area contributed by atoms with Crippen LogP contribution in [0.3, 0.4) is 0 Å². The standard InChI is InChI=1S/C15H20N4O/c1-4-6-17-14-8-12(10-20-3)18-15(19-14)13-9-16-7-5-11(13)2/h5,7-9H,4,6,10H2,1-3H3,(H,17,18,19). The second-order valence-electron chi connectivity index (χ2n) is 4.62. The van der Waals surface area contributed by atoms with Crippen LogP contribution in [0.5, 0.6) is 0 Å². The third-order valence-corrected chi connectivity index (χ3v) is 2.91. The average molecular weight is 272 g/mol. The number of nitrogens with one attached hydrogen (secondary N) is 1. The monoisotopic (exact) mass is 272 g/mol. The first-order valence-electron chi connectivity index (χ1n) is 6.76. The number of hydrogen-bond acceptors (Lipinski definition) is 5. The van der Waals surface area contributed by atoms with Crippen molar-refractivity contribution in [2.75, 3.05) is 19.0 Å². The fraction of sp³-hybridized carbons (Fsp3) is 0.400. The molecule has 0 aliphatic rings. The maximum atomic E-state index is 5.17. The predicted molar refractivity (Wildman–Crippen MR) is 79.5 cm³/mol. The normalized spacial score (nSPS) is 10.6. The van der Waals surface area contributed by atoms with Crippen molar-refractivity contribution in [2.45, 2.75) is 26.9 Å². The van der Waals surface area contributed by atoms with Gasteiger partial charge in [0.15, 0.2) is 5.82 Å². The van der Waals surface area contributed by atoms with Gasteiger partial charge in [-0.1, -0.05) is 6.92 Å². The third kappa shape index (κ3) is 3.51. The quantitative estimate of drug-likeness (QED) is 0.876. The van der Waals surface area contributed by atoms with E-state index in [-0.39, 0.29) is 0 Å². The molecule has 2 aromatic heterocycles. The lowest BCUT2D eigenvalue weighted by atomic mass is 10.1. The van der Waals surface area contributed by atoms with Crippen molar-refractivity contribution in [3.63, 3.8) is 0 Å². The number of methoxy groups -OCH3 is 1. The van der Waals surface area contributed by atoms with Crippen molar-refractivity contribution in [1.29, 1.82) is 0 Å². The highest BCUT2D eigenvalue weighted by Crippen LogP contribution is 2.21. The molecule has 0 amide bonds. The maximum absolute atomic E-state index is 5.17. The average Bonchev–Trinajstić information content (AvgIpc) is 2.46. The molecule has 0 fully saturated rings. The fourth-order valence-corrected chi connectivity index (χ4v) is 1.88. The van der Waals surface area contributed by atoms with E-state index in [1.807, 2.05) is 19.1 Å². The maximum Gasteiger partial charge on any atom is 0.163 e. The van der Waals surface area contributed by atoms with Crippen LogP contribution in [0.1, 0.15) is 24.6 Å². The van der Waals surface area contributed by atoms with E-state index in [9.17, 15) is 0 Å². The summed E-state index contributed by atoms with van der Waals surface area (Å²) in [5.41, 5.74) is 2.92. The van der Waals surface area contributed by atoms with Gasteiger partial charge < -0.3 is 10.1 Å². The van der Waals surface area contributed by atoms with Crippen LogP contribution in [0.15, 0.2) is 24.5 Å². The number of ether oxygens (including phenoxy) is 1. The molecule has 106 valence electrons. The zero-order valence-electron chi connectivity index (χ0n) is 12.2. The van der Waals surface area contributed by atoms with Crippen molar-refractivity contribution in [3.05, 3.63) is 35.8 Å². The molecule has 20 heavy (non-hydrogen) atoms. The summed E-state index contributed by atoms with van der Waals surface area (Å²) >= 11 is 0. The van der Waals surface area contributed by atoms with Gasteiger partial charge in [0.05, 0.1) is 12.3 Å². The van der Waals surface area contributed by atoms with Crippen LogP contribution in [-0.4, -0.2) is 28.6 Å². The molecule has 2 aromatic rings. The highest BCUT2D eigenvalue weighted by atomic mass is 16.5. The van der Waals surface area contributed by atoms with Crippen LogP contribution in [0.2, 0.25) is 0 Å². The first-order chi connectivity index (χ1) is 9.74. The minimum atomic E-state index is 0.468. The second kappa shape index (κ2) is 6.96. The van der Waals surface area contributed by atoms with E-state index in [1.54, 1.807) is 19.5 Å². The molecule has 5 nitrogen and oxygen atoms in total. The van der Waals surface area contributed by atoms with Crippen LogP contribution in [0, 0.1) is 6.92 Å². The Morgan fingerprint density at radius 1 is 1.30 bits per heavy atom. The van der Waals surface area contributed by atoms with E-state index in [0.717, 1.165) is 35.6 Å². The smallest absolute Gasteiger partial charge is 0.163 e. The summed E-state index contributed by atoms with van der Waals surface area (Å²) in [6, 6.07) is 3.88. The van der Waals surface area contributed by atoms with Gasteiger partial charge in [-0.3, -0.25) is 4.98 Å². The molecule has 0 saturated heterocycles. The van der Waals surface area contributed by atoms with Crippen LogP contribution in [-0.2, 0) is 11.3 Å². The SMILES string of the molecule is CCCNc1cc(COC)nc(-c2cnccc2C)n1. The predicted octanol–water partition coefficient (Wildman–Crippen LogP) is 2.82. The van der Waals surface area contributed by atoms with Crippen LogP contribution in [0.25, 0.3) is 11.4 Å². The van der Waals surface area contributed by atoms with Gasteiger partial charge in [-0.25, -0.2) is 9.97 Å². The Labute approximate surface area is 119 Å². The molecule has 0 spiro atoms. The first-order valence-corrected chi connectivity index (χ1v) is 6.76. The van der Waals surface area contributed by atoms with Gasteiger partial charge in [0.2, 0.25) is 0 Å². The molecule has 0 aromatic carbocycles. The van der Waals surface area contributed by atoms with Gasteiger partial charge in [0.25, 0.3) is 0 Å². The highest BCUT2D eigenvalue weighted by Gasteiger charge is 2.09. The van der Waals surface area contributed by atoms with E-state index in [1.165, 1.54) is 0 Å². The van der Waals surface area contributed by atoms with Crippen molar-refractivity contribution in [3.8, 4) is 11.4 Å². The minimum absolute atomic E-state index is 0.468. The Kier molecular flexibility index (Phi) is 5.01. The minimum Gasteiger partial charge on any atom is -0.378 e. The van der Waals surface area contributed by atoms with E-state index in [0.29, 0.717) is 12.4 Å². The van der Waals surface area contributed by atoms with Crippen molar-refractivity contribution >= 4 is 5.82 Å². The van der Waals surface area contributed by atoms with Gasteiger partial charge in [-0.15, -0.1) is 0 Å². The largest absolute Gasteiger partial charge is 0.378 e. The van der Waals surface area contributed by atoms with Crippen molar-refractivity contribution < 1.29 is 4.74 Å². The number of aromatic nitrogens is 3. The molecule has 0 aliphatic heterocycles. The molecule has 0 atom stereocenters. The summed E-state index contributed by atoms with van der Waals surface area (Å²) in [5.74, 6) is 1.51. The lowest BCUT2D eigenvalue weighted by Gasteiger charge is -2.10. The highest BCUT2D eigenvalue weighted by molar-refractivity contribution is 5.60. The number of aryl methyl sites for hydroxylation is 1. The number of hydrogen-bond donors (Lipinski definition) is 1. The Hall–Kier alpha value is -2.01. The molecule has 0 aliphatic carbocycles. The fourth-order valence-electron chi connectivity index (χ4n) is 1.88. The van der Waals surface area contributed by atoms with Gasteiger partial charge in [-0.05, 0) is 25.0 Å². The van der Waals surface area contributed by atoms with E-state index >= 15 is 0 Å². The van der Waals surface area contributed by atoms with E-state index in [2.05, 4.69) is 27.2 Å². The van der Waals surface area contributed by atoms with Gasteiger partial charge in [0.1, 0.15) is 5.82 Å². The van der Waals surface area contributed by atoms with Gasteiger partial charge >= 0.3 is 0 Å². The molecule has 0 saturated carbocycles. The molecular weight excluding hydrogens is 252 g/mol. The lowest BCUT2D eigenvalue weighted by molar-refractivity contribution is 0.181. The Morgan fingerprint density at radius 3 is 2.85 bits per heavy atom. The molecular formula is C15H20N4O. The van der Waals surface area contributed by atoms with Crippen LogP contribution < -0.4 is 5.32 Å². The Morgan fingerprint density at radius 2 is 2.15 bits per heavy atom. The molecule has 5 heteroatoms. The van der Waals surface area contributed by atoms with Crippen molar-refractivity contribution in [1.82, 2.24) is 15.0 Å². The number of pyridine rings is 1. The Bertz CT molecular complexity index is 572. The van der Waals surface area contributed by atoms with E-state index in [4.69, 9.17) is 4.74 Å². The van der Waals surface area contributed by atoms with Gasteiger partial charge in [-0.2, -0.15) is 0 Å². The molecule has 0 bridgehead atoms. The number of nitrogens with zero attached hydrogens (tertiary/aromatic N) is 3. The summed E-state index contributed by atoms with van der Waals surface area (Å²) < 4.78 is 5.17. The summed E-state index contributed by atoms with van der Waals surface area (Å²) in [4.78, 5) is 13.3. The molecule has 2 heterocycles. The zero-order valence-corrected chi connectivity index (χ0v) is 12.2. The molecule has 2 rings (SSSR count). The first kappa shape index (κ1) is 14.4. The molecule has 0 unspecified atom stereocenters. The molecule has 1 N–H and O–H groups in total. The summed E-state index contributed by atoms with van der Waals surface area (Å²) in [7, 11) is 1.66. The Balaban J connectivity index is 2.40. The second-order valence-corrected chi connectivity index (χ2v) is 4.62. The topological polar surface area (TPSA) is 59.9 Å². The zero-order chi connectivity index (χ0) is 14.4. The van der Waals surface area contributed by atoms with Crippen molar-refractivity contribution in [2.24, 2.45) is 0 Å². The van der Waals surface area contributed by atoms with Crippen LogP contribution in [0.4, 0.5) is 5.82 Å². The summed E-state index contributed by atoms with van der Waals surface area (Å²) in [6.07, 6.45) is 4.61. The number of anilines is 1. The molecule has 0 radical (unpaired) electrons. The van der Waals surface area contributed by atoms with Gasteiger partial charge in [0, 0.05) is 37.7 Å². The van der Waals surface area contributed by atoms with E-state index < -0.39 is 0 Å².